The lowest BCUT2D eigenvalue weighted by atomic mass is 10.0. The van der Waals surface area contributed by atoms with Crippen molar-refractivity contribution in [2.45, 2.75) is 25.3 Å². The fourth-order valence-electron chi connectivity index (χ4n) is 2.37. The van der Waals surface area contributed by atoms with Crippen LogP contribution in [-0.4, -0.2) is 28.5 Å². The number of hydrogen-bond donors (Lipinski definition) is 2. The van der Waals surface area contributed by atoms with Gasteiger partial charge in [-0.3, -0.25) is 9.78 Å². The van der Waals surface area contributed by atoms with Crippen LogP contribution in [0, 0.1) is 0 Å². The maximum Gasteiger partial charge on any atom is 0.241 e. The molecule has 0 radical (unpaired) electrons. The van der Waals surface area contributed by atoms with Crippen molar-refractivity contribution in [2.24, 2.45) is 0 Å². The molecular weight excluding hydrogens is 280 g/mol. The number of benzene rings is 1. The summed E-state index contributed by atoms with van der Waals surface area (Å²) >= 11 is 0. The van der Waals surface area contributed by atoms with Crippen molar-refractivity contribution in [1.82, 2.24) is 15.3 Å². The van der Waals surface area contributed by atoms with Crippen molar-refractivity contribution >= 4 is 11.6 Å². The molecule has 1 aliphatic rings. The van der Waals surface area contributed by atoms with E-state index in [1.54, 1.807) is 30.7 Å². The Kier molecular flexibility index (Phi) is 4.60. The first kappa shape index (κ1) is 14.5. The van der Waals surface area contributed by atoms with E-state index in [0.717, 1.165) is 31.5 Å². The number of anilines is 1. The zero-order chi connectivity index (χ0) is 15.2. The summed E-state index contributed by atoms with van der Waals surface area (Å²) in [5.74, 6) is 1.10. The third-order valence-electron chi connectivity index (χ3n) is 3.51. The maximum atomic E-state index is 12.1. The molecule has 6 nitrogen and oxygen atoms in total. The molecule has 114 valence electrons. The molecule has 0 bridgehead atoms. The molecule has 1 aliphatic heterocycles. The molecule has 1 fully saturated rings. The summed E-state index contributed by atoms with van der Waals surface area (Å²) in [5.41, 5.74) is 0.754. The summed E-state index contributed by atoms with van der Waals surface area (Å²) in [6, 6.07) is 7.11. The van der Waals surface area contributed by atoms with E-state index in [9.17, 15) is 4.79 Å². The molecular formula is C16H18N4O2. The lowest BCUT2D eigenvalue weighted by Gasteiger charge is -2.22. The van der Waals surface area contributed by atoms with Crippen molar-refractivity contribution < 1.29 is 9.53 Å². The quantitative estimate of drug-likeness (QED) is 0.906. The SMILES string of the molecule is O=C(Nc1ccc(Oc2cnccn2)cc1)[C@@H]1CCCCN1. The highest BCUT2D eigenvalue weighted by Crippen LogP contribution is 2.21. The van der Waals surface area contributed by atoms with Crippen LogP contribution >= 0.6 is 0 Å². The van der Waals surface area contributed by atoms with E-state index in [0.29, 0.717) is 11.6 Å². The molecule has 22 heavy (non-hydrogen) atoms. The number of rotatable bonds is 4. The molecule has 1 amide bonds. The van der Waals surface area contributed by atoms with Crippen LogP contribution in [0.5, 0.6) is 11.6 Å². The van der Waals surface area contributed by atoms with Crippen LogP contribution in [0.2, 0.25) is 0 Å². The number of hydrogen-bond acceptors (Lipinski definition) is 5. The van der Waals surface area contributed by atoms with Gasteiger partial charge in [0.15, 0.2) is 0 Å². The smallest absolute Gasteiger partial charge is 0.241 e. The van der Waals surface area contributed by atoms with Crippen LogP contribution < -0.4 is 15.4 Å². The first-order chi connectivity index (χ1) is 10.8. The minimum Gasteiger partial charge on any atom is -0.438 e. The molecule has 0 spiro atoms. The second kappa shape index (κ2) is 7.00. The lowest BCUT2D eigenvalue weighted by molar-refractivity contribution is -0.118. The maximum absolute atomic E-state index is 12.1. The Bertz CT molecular complexity index is 610. The summed E-state index contributed by atoms with van der Waals surface area (Å²) in [4.78, 5) is 20.1. The molecule has 0 aliphatic carbocycles. The van der Waals surface area contributed by atoms with Gasteiger partial charge in [-0.05, 0) is 43.7 Å². The first-order valence-electron chi connectivity index (χ1n) is 7.39. The summed E-state index contributed by atoms with van der Waals surface area (Å²) in [6.45, 7) is 0.906. The van der Waals surface area contributed by atoms with Crippen molar-refractivity contribution in [3.63, 3.8) is 0 Å². The average molecular weight is 298 g/mol. The molecule has 1 saturated heterocycles. The average Bonchev–Trinajstić information content (AvgIpc) is 2.58. The van der Waals surface area contributed by atoms with Crippen LogP contribution in [0.3, 0.4) is 0 Å². The second-order valence-electron chi connectivity index (χ2n) is 5.16. The van der Waals surface area contributed by atoms with E-state index in [2.05, 4.69) is 20.6 Å². The van der Waals surface area contributed by atoms with Gasteiger partial charge >= 0.3 is 0 Å². The van der Waals surface area contributed by atoms with E-state index in [4.69, 9.17) is 4.74 Å². The molecule has 1 atom stereocenters. The standard InChI is InChI=1S/C16H18N4O2/c21-16(14-3-1-2-8-18-14)20-12-4-6-13(7-5-12)22-15-11-17-9-10-19-15/h4-7,9-11,14,18H,1-3,8H2,(H,20,21)/t14-/m0/s1. The van der Waals surface area contributed by atoms with E-state index >= 15 is 0 Å². The van der Waals surface area contributed by atoms with Gasteiger partial charge in [-0.15, -0.1) is 0 Å². The van der Waals surface area contributed by atoms with Crippen molar-refractivity contribution in [3.8, 4) is 11.6 Å². The number of nitrogens with one attached hydrogen (secondary N) is 2. The summed E-state index contributed by atoms with van der Waals surface area (Å²) in [6.07, 6.45) is 7.82. The fourth-order valence-corrected chi connectivity index (χ4v) is 2.37. The van der Waals surface area contributed by atoms with Gasteiger partial charge in [0.2, 0.25) is 11.8 Å². The van der Waals surface area contributed by atoms with Gasteiger partial charge < -0.3 is 15.4 Å². The topological polar surface area (TPSA) is 76.1 Å². The highest BCUT2D eigenvalue weighted by atomic mass is 16.5. The molecule has 2 N–H and O–H groups in total. The monoisotopic (exact) mass is 298 g/mol. The van der Waals surface area contributed by atoms with Gasteiger partial charge in [0.25, 0.3) is 0 Å². The Morgan fingerprint density at radius 2 is 2.09 bits per heavy atom. The van der Waals surface area contributed by atoms with Crippen LogP contribution in [0.4, 0.5) is 5.69 Å². The molecule has 1 aromatic carbocycles. The number of nitrogens with zero attached hydrogens (tertiary/aromatic N) is 2. The molecule has 2 aromatic rings. The van der Waals surface area contributed by atoms with Gasteiger partial charge in [-0.1, -0.05) is 6.42 Å². The van der Waals surface area contributed by atoms with E-state index in [1.807, 2.05) is 12.1 Å². The summed E-state index contributed by atoms with van der Waals surface area (Å²) in [7, 11) is 0. The number of ether oxygens (including phenoxy) is 1. The Hall–Kier alpha value is -2.47. The highest BCUT2D eigenvalue weighted by Gasteiger charge is 2.20. The molecule has 1 aromatic heterocycles. The zero-order valence-electron chi connectivity index (χ0n) is 12.2. The predicted molar refractivity (Wildman–Crippen MR) is 82.8 cm³/mol. The number of carbonyl (C=O) groups excluding carboxylic acids is 1. The Morgan fingerprint density at radius 3 is 2.77 bits per heavy atom. The van der Waals surface area contributed by atoms with Gasteiger partial charge in [0.1, 0.15) is 5.75 Å². The third kappa shape index (κ3) is 3.79. The van der Waals surface area contributed by atoms with E-state index in [-0.39, 0.29) is 11.9 Å². The Morgan fingerprint density at radius 1 is 1.23 bits per heavy atom. The van der Waals surface area contributed by atoms with Crippen LogP contribution in [-0.2, 0) is 4.79 Å². The minimum absolute atomic E-state index is 0.0160. The largest absolute Gasteiger partial charge is 0.438 e. The minimum atomic E-state index is -0.0933. The molecule has 0 saturated carbocycles. The number of piperidine rings is 1. The predicted octanol–water partition coefficient (Wildman–Crippen LogP) is 2.35. The summed E-state index contributed by atoms with van der Waals surface area (Å²) < 4.78 is 5.56. The normalized spacial score (nSPS) is 17.7. The molecule has 2 heterocycles. The third-order valence-corrected chi connectivity index (χ3v) is 3.51. The number of carbonyl (C=O) groups is 1. The van der Waals surface area contributed by atoms with Gasteiger partial charge in [-0.2, -0.15) is 0 Å². The van der Waals surface area contributed by atoms with Gasteiger partial charge in [0, 0.05) is 18.1 Å². The van der Waals surface area contributed by atoms with Crippen LogP contribution in [0.15, 0.2) is 42.9 Å². The van der Waals surface area contributed by atoms with Crippen molar-refractivity contribution in [1.29, 1.82) is 0 Å². The van der Waals surface area contributed by atoms with E-state index in [1.165, 1.54) is 0 Å². The first-order valence-corrected chi connectivity index (χ1v) is 7.39. The van der Waals surface area contributed by atoms with Crippen LogP contribution in [0.25, 0.3) is 0 Å². The lowest BCUT2D eigenvalue weighted by Crippen LogP contribution is -2.43. The second-order valence-corrected chi connectivity index (χ2v) is 5.16. The van der Waals surface area contributed by atoms with E-state index < -0.39 is 0 Å². The molecule has 6 heteroatoms. The highest BCUT2D eigenvalue weighted by molar-refractivity contribution is 5.94. The Labute approximate surface area is 128 Å². The zero-order valence-corrected chi connectivity index (χ0v) is 12.2. The fraction of sp³-hybridized carbons (Fsp3) is 0.312. The van der Waals surface area contributed by atoms with Gasteiger partial charge in [0.05, 0.1) is 12.2 Å². The van der Waals surface area contributed by atoms with Gasteiger partial charge in [-0.25, -0.2) is 4.98 Å². The van der Waals surface area contributed by atoms with Crippen LogP contribution in [0.1, 0.15) is 19.3 Å². The van der Waals surface area contributed by atoms with Crippen molar-refractivity contribution in [3.05, 3.63) is 42.9 Å². The number of aromatic nitrogens is 2. The molecule has 0 unspecified atom stereocenters. The summed E-state index contributed by atoms with van der Waals surface area (Å²) in [5, 5.41) is 6.15. The Balaban J connectivity index is 1.58. The van der Waals surface area contributed by atoms with Crippen molar-refractivity contribution in [2.75, 3.05) is 11.9 Å². The molecule has 3 rings (SSSR count). The number of amides is 1.